The van der Waals surface area contributed by atoms with Crippen LogP contribution in [0.3, 0.4) is 0 Å². The van der Waals surface area contributed by atoms with Crippen LogP contribution in [-0.2, 0) is 0 Å². The number of nitrogens with one attached hydrogen (secondary N) is 1. The van der Waals surface area contributed by atoms with Gasteiger partial charge in [-0.15, -0.1) is 24.0 Å². The molecule has 5 heteroatoms. The zero-order valence-corrected chi connectivity index (χ0v) is 15.3. The minimum Gasteiger partial charge on any atom is -0.370 e. The first-order valence-corrected chi connectivity index (χ1v) is 7.49. The zero-order chi connectivity index (χ0) is 14.4. The van der Waals surface area contributed by atoms with Gasteiger partial charge in [0.25, 0.3) is 0 Å². The minimum absolute atomic E-state index is 0. The average molecular weight is 402 g/mol. The molecule has 1 saturated heterocycles. The molecular weight excluding hydrogens is 375 g/mol. The molecule has 0 bridgehead atoms. The number of aliphatic imine (C=N–C) groups is 1. The molecule has 1 aromatic carbocycles. The van der Waals surface area contributed by atoms with Crippen molar-refractivity contribution in [3.63, 3.8) is 0 Å². The molecule has 1 aromatic rings. The summed E-state index contributed by atoms with van der Waals surface area (Å²) in [5, 5.41) is 3.12. The smallest absolute Gasteiger partial charge is 0.193 e. The quantitative estimate of drug-likeness (QED) is 0.463. The Hall–Kier alpha value is -0.820. The maximum atomic E-state index is 5.91. The van der Waals surface area contributed by atoms with Gasteiger partial charge in [0.05, 0.1) is 6.54 Å². The summed E-state index contributed by atoms with van der Waals surface area (Å²) in [7, 11) is 0. The van der Waals surface area contributed by atoms with Crippen molar-refractivity contribution in [3.8, 4) is 0 Å². The van der Waals surface area contributed by atoms with E-state index in [1.165, 1.54) is 31.5 Å². The number of rotatable bonds is 4. The molecule has 0 aromatic heterocycles. The summed E-state index contributed by atoms with van der Waals surface area (Å²) in [5.41, 5.74) is 8.14. The van der Waals surface area contributed by atoms with E-state index in [1.807, 2.05) is 12.1 Å². The first kappa shape index (κ1) is 18.2. The Morgan fingerprint density at radius 2 is 2.10 bits per heavy atom. The van der Waals surface area contributed by atoms with Crippen LogP contribution in [-0.4, -0.2) is 37.0 Å². The van der Waals surface area contributed by atoms with Gasteiger partial charge < -0.3 is 16.0 Å². The number of nitrogens with zero attached hydrogens (tertiary/aromatic N) is 2. The largest absolute Gasteiger partial charge is 0.370 e. The fraction of sp³-hybridized carbons (Fsp3) is 0.562. The number of hydrogen-bond acceptors (Lipinski definition) is 2. The number of nitrogens with two attached hydrogens (primary N) is 1. The minimum atomic E-state index is 0. The van der Waals surface area contributed by atoms with Crippen LogP contribution in [0, 0.1) is 12.8 Å². The Labute approximate surface area is 145 Å². The van der Waals surface area contributed by atoms with Gasteiger partial charge in [-0.3, -0.25) is 4.99 Å². The lowest BCUT2D eigenvalue weighted by molar-refractivity contribution is 0.189. The van der Waals surface area contributed by atoms with Crippen LogP contribution in [0.2, 0.25) is 0 Å². The molecule has 0 aliphatic carbocycles. The second-order valence-electron chi connectivity index (χ2n) is 5.81. The van der Waals surface area contributed by atoms with Gasteiger partial charge in [0.2, 0.25) is 0 Å². The van der Waals surface area contributed by atoms with Gasteiger partial charge in [0.1, 0.15) is 0 Å². The highest BCUT2D eigenvalue weighted by Gasteiger charge is 2.15. The van der Waals surface area contributed by atoms with E-state index in [9.17, 15) is 0 Å². The summed E-state index contributed by atoms with van der Waals surface area (Å²) >= 11 is 0. The molecule has 2 rings (SSSR count). The Morgan fingerprint density at radius 1 is 1.38 bits per heavy atom. The van der Waals surface area contributed by atoms with Crippen LogP contribution in [0.15, 0.2) is 29.3 Å². The third kappa shape index (κ3) is 6.65. The van der Waals surface area contributed by atoms with E-state index in [0.29, 0.717) is 5.96 Å². The van der Waals surface area contributed by atoms with E-state index in [-0.39, 0.29) is 24.0 Å². The van der Waals surface area contributed by atoms with E-state index >= 15 is 0 Å². The summed E-state index contributed by atoms with van der Waals surface area (Å²) < 4.78 is 0. The molecule has 0 amide bonds. The number of aryl methyl sites for hydroxylation is 1. The third-order valence-corrected chi connectivity index (χ3v) is 3.76. The molecule has 1 atom stereocenters. The molecule has 3 N–H and O–H groups in total. The van der Waals surface area contributed by atoms with Gasteiger partial charge in [-0.2, -0.15) is 0 Å². The normalized spacial score (nSPS) is 19.9. The molecule has 1 fully saturated rings. The Kier molecular flexibility index (Phi) is 8.03. The Bertz CT molecular complexity index is 444. The molecule has 118 valence electrons. The van der Waals surface area contributed by atoms with E-state index < -0.39 is 0 Å². The van der Waals surface area contributed by atoms with Crippen molar-refractivity contribution < 1.29 is 0 Å². The van der Waals surface area contributed by atoms with Crippen molar-refractivity contribution in [3.05, 3.63) is 29.8 Å². The van der Waals surface area contributed by atoms with E-state index in [1.54, 1.807) is 0 Å². The molecule has 0 radical (unpaired) electrons. The monoisotopic (exact) mass is 402 g/mol. The van der Waals surface area contributed by atoms with Crippen molar-refractivity contribution in [2.75, 3.05) is 31.5 Å². The maximum absolute atomic E-state index is 5.91. The fourth-order valence-electron chi connectivity index (χ4n) is 2.63. The van der Waals surface area contributed by atoms with E-state index in [4.69, 9.17) is 5.73 Å². The molecule has 1 aliphatic rings. The fourth-order valence-corrected chi connectivity index (χ4v) is 2.63. The first-order chi connectivity index (χ1) is 9.63. The number of halogens is 1. The second-order valence-corrected chi connectivity index (χ2v) is 5.81. The predicted molar refractivity (Wildman–Crippen MR) is 102 cm³/mol. The van der Waals surface area contributed by atoms with E-state index in [0.717, 1.165) is 24.7 Å². The highest BCUT2D eigenvalue weighted by molar-refractivity contribution is 14.0. The number of anilines is 1. The van der Waals surface area contributed by atoms with Crippen molar-refractivity contribution >= 4 is 35.6 Å². The van der Waals surface area contributed by atoms with Crippen molar-refractivity contribution in [2.45, 2.75) is 26.7 Å². The maximum Gasteiger partial charge on any atom is 0.193 e. The topological polar surface area (TPSA) is 53.6 Å². The highest BCUT2D eigenvalue weighted by Crippen LogP contribution is 2.14. The summed E-state index contributed by atoms with van der Waals surface area (Å²) in [6.45, 7) is 8.55. The first-order valence-electron chi connectivity index (χ1n) is 7.49. The van der Waals surface area contributed by atoms with Crippen molar-refractivity contribution in [2.24, 2.45) is 16.6 Å². The van der Waals surface area contributed by atoms with Crippen LogP contribution in [0.5, 0.6) is 0 Å². The Balaban J connectivity index is 0.00000220. The second kappa shape index (κ2) is 9.25. The standard InChI is InChI=1S/C16H26N4.HI/c1-13-5-7-15(8-6-13)19-16(17)18-9-11-20-10-3-4-14(2)12-20;/h5-8,14H,3-4,9-12H2,1-2H3,(H3,17,18,19);1H. The van der Waals surface area contributed by atoms with Crippen molar-refractivity contribution in [1.82, 2.24) is 4.90 Å². The van der Waals surface area contributed by atoms with Gasteiger partial charge in [-0.25, -0.2) is 0 Å². The molecule has 21 heavy (non-hydrogen) atoms. The van der Waals surface area contributed by atoms with Crippen LogP contribution >= 0.6 is 24.0 Å². The summed E-state index contributed by atoms with van der Waals surface area (Å²) in [6.07, 6.45) is 2.67. The molecular formula is C16H27IN4. The lowest BCUT2D eigenvalue weighted by Gasteiger charge is -2.30. The average Bonchev–Trinajstić information content (AvgIpc) is 2.41. The van der Waals surface area contributed by atoms with Gasteiger partial charge in [-0.1, -0.05) is 24.6 Å². The molecule has 4 nitrogen and oxygen atoms in total. The lowest BCUT2D eigenvalue weighted by atomic mass is 10.0. The number of hydrogen-bond donors (Lipinski definition) is 2. The van der Waals surface area contributed by atoms with Gasteiger partial charge in [-0.05, 0) is 44.4 Å². The zero-order valence-electron chi connectivity index (χ0n) is 13.0. The number of guanidine groups is 1. The van der Waals surface area contributed by atoms with Crippen LogP contribution in [0.4, 0.5) is 5.69 Å². The van der Waals surface area contributed by atoms with Crippen LogP contribution in [0.25, 0.3) is 0 Å². The SMILES string of the molecule is Cc1ccc(NC(N)=NCCN2CCCC(C)C2)cc1.I. The number of benzene rings is 1. The lowest BCUT2D eigenvalue weighted by Crippen LogP contribution is -2.36. The summed E-state index contributed by atoms with van der Waals surface area (Å²) in [4.78, 5) is 6.89. The molecule has 1 heterocycles. The number of likely N-dealkylation sites (tertiary alicyclic amines) is 1. The Morgan fingerprint density at radius 3 is 2.76 bits per heavy atom. The van der Waals surface area contributed by atoms with Gasteiger partial charge in [0, 0.05) is 18.8 Å². The molecule has 1 unspecified atom stereocenters. The van der Waals surface area contributed by atoms with Crippen LogP contribution in [0.1, 0.15) is 25.3 Å². The molecule has 0 spiro atoms. The van der Waals surface area contributed by atoms with Crippen molar-refractivity contribution in [1.29, 1.82) is 0 Å². The third-order valence-electron chi connectivity index (χ3n) is 3.76. The van der Waals surface area contributed by atoms with Gasteiger partial charge >= 0.3 is 0 Å². The highest BCUT2D eigenvalue weighted by atomic mass is 127. The van der Waals surface area contributed by atoms with Crippen LogP contribution < -0.4 is 11.1 Å². The predicted octanol–water partition coefficient (Wildman–Crippen LogP) is 3.07. The summed E-state index contributed by atoms with van der Waals surface area (Å²) in [5.74, 6) is 1.31. The van der Waals surface area contributed by atoms with E-state index in [2.05, 4.69) is 41.2 Å². The summed E-state index contributed by atoms with van der Waals surface area (Å²) in [6, 6.07) is 8.16. The number of piperidine rings is 1. The van der Waals surface area contributed by atoms with Gasteiger partial charge in [0.15, 0.2) is 5.96 Å². The molecule has 0 saturated carbocycles. The molecule has 1 aliphatic heterocycles.